The summed E-state index contributed by atoms with van der Waals surface area (Å²) >= 11 is 0. The van der Waals surface area contributed by atoms with E-state index < -0.39 is 0 Å². The molecule has 1 atom stereocenters. The fraction of sp³-hybridized carbons (Fsp3) is 0.562. The molecule has 0 spiro atoms. The average Bonchev–Trinajstić information content (AvgIpc) is 2.69. The third-order valence-corrected chi connectivity index (χ3v) is 3.78. The van der Waals surface area contributed by atoms with Crippen LogP contribution in [0.3, 0.4) is 0 Å². The Labute approximate surface area is 121 Å². The summed E-state index contributed by atoms with van der Waals surface area (Å²) in [5.41, 5.74) is 2.25. The maximum Gasteiger partial charge on any atom is 0.242 e. The molecule has 0 fully saturated rings. The molecule has 1 heterocycles. The molecular formula is C16H25N3O. The standard InChI is InChI=1S/C16H25N3O/c1-3-4-10-18-16(20)13(2)19-12-7-11-17-14-8-5-6-9-15(14)19/h5-6,8-9,13,17H,3-4,7,10-12H2,1-2H3,(H,18,20). The van der Waals surface area contributed by atoms with Gasteiger partial charge in [0.1, 0.15) is 6.04 Å². The molecule has 0 aromatic heterocycles. The number of carbonyl (C=O) groups excluding carboxylic acids is 1. The molecule has 20 heavy (non-hydrogen) atoms. The van der Waals surface area contributed by atoms with E-state index in [1.54, 1.807) is 0 Å². The van der Waals surface area contributed by atoms with E-state index in [4.69, 9.17) is 0 Å². The lowest BCUT2D eigenvalue weighted by atomic mass is 10.2. The van der Waals surface area contributed by atoms with Crippen LogP contribution in [0, 0.1) is 0 Å². The normalized spacial score (nSPS) is 15.8. The first-order valence-electron chi connectivity index (χ1n) is 7.61. The fourth-order valence-corrected chi connectivity index (χ4v) is 2.55. The van der Waals surface area contributed by atoms with Crippen molar-refractivity contribution in [2.24, 2.45) is 0 Å². The summed E-state index contributed by atoms with van der Waals surface area (Å²) < 4.78 is 0. The molecule has 0 aliphatic carbocycles. The van der Waals surface area contributed by atoms with E-state index in [9.17, 15) is 4.79 Å². The highest BCUT2D eigenvalue weighted by Gasteiger charge is 2.24. The predicted octanol–water partition coefficient (Wildman–Crippen LogP) is 2.61. The number of nitrogens with one attached hydrogen (secondary N) is 2. The Bertz CT molecular complexity index is 447. The van der Waals surface area contributed by atoms with Crippen LogP contribution in [0.1, 0.15) is 33.1 Å². The number of amides is 1. The number of benzene rings is 1. The van der Waals surface area contributed by atoms with Crippen LogP contribution in [0.4, 0.5) is 11.4 Å². The van der Waals surface area contributed by atoms with Gasteiger partial charge < -0.3 is 15.5 Å². The van der Waals surface area contributed by atoms with E-state index >= 15 is 0 Å². The van der Waals surface area contributed by atoms with Gasteiger partial charge in [-0.25, -0.2) is 0 Å². The highest BCUT2D eigenvalue weighted by atomic mass is 16.2. The number of hydrogen-bond acceptors (Lipinski definition) is 3. The second-order valence-corrected chi connectivity index (χ2v) is 5.31. The van der Waals surface area contributed by atoms with Crippen molar-refractivity contribution in [3.8, 4) is 0 Å². The first kappa shape index (κ1) is 14.7. The molecule has 1 aliphatic rings. The zero-order valence-corrected chi connectivity index (χ0v) is 12.5. The molecule has 110 valence electrons. The lowest BCUT2D eigenvalue weighted by Crippen LogP contribution is -2.45. The number of fused-ring (bicyclic) bond motifs is 1. The molecule has 0 radical (unpaired) electrons. The van der Waals surface area contributed by atoms with Crippen LogP contribution in [0.15, 0.2) is 24.3 Å². The highest BCUT2D eigenvalue weighted by Crippen LogP contribution is 2.29. The predicted molar refractivity (Wildman–Crippen MR) is 84.3 cm³/mol. The maximum atomic E-state index is 12.3. The third-order valence-electron chi connectivity index (χ3n) is 3.78. The van der Waals surface area contributed by atoms with Crippen molar-refractivity contribution in [1.82, 2.24) is 5.32 Å². The first-order valence-corrected chi connectivity index (χ1v) is 7.61. The molecule has 0 bridgehead atoms. The summed E-state index contributed by atoms with van der Waals surface area (Å²) in [4.78, 5) is 14.5. The van der Waals surface area contributed by atoms with Gasteiger partial charge in [0.2, 0.25) is 5.91 Å². The van der Waals surface area contributed by atoms with Gasteiger partial charge in [0.15, 0.2) is 0 Å². The molecule has 0 saturated heterocycles. The minimum absolute atomic E-state index is 0.121. The molecule has 1 amide bonds. The summed E-state index contributed by atoms with van der Waals surface area (Å²) in [7, 11) is 0. The molecule has 4 heteroatoms. The van der Waals surface area contributed by atoms with Gasteiger partial charge in [0.25, 0.3) is 0 Å². The Kier molecular flexibility index (Phi) is 5.27. The van der Waals surface area contributed by atoms with Crippen LogP contribution in [0.2, 0.25) is 0 Å². The summed E-state index contributed by atoms with van der Waals surface area (Å²) in [5, 5.41) is 6.46. The summed E-state index contributed by atoms with van der Waals surface area (Å²) in [6.45, 7) is 6.76. The Morgan fingerprint density at radius 3 is 3.05 bits per heavy atom. The largest absolute Gasteiger partial charge is 0.383 e. The van der Waals surface area contributed by atoms with Crippen molar-refractivity contribution >= 4 is 17.3 Å². The highest BCUT2D eigenvalue weighted by molar-refractivity contribution is 5.86. The molecule has 1 aromatic carbocycles. The van der Waals surface area contributed by atoms with Gasteiger partial charge in [-0.15, -0.1) is 0 Å². The average molecular weight is 275 g/mol. The first-order chi connectivity index (χ1) is 9.74. The number of carbonyl (C=O) groups is 1. The lowest BCUT2D eigenvalue weighted by molar-refractivity contribution is -0.122. The number of hydrogen-bond donors (Lipinski definition) is 2. The van der Waals surface area contributed by atoms with E-state index in [1.807, 2.05) is 19.1 Å². The SMILES string of the molecule is CCCCNC(=O)C(C)N1CCCNc2ccccc21. The van der Waals surface area contributed by atoms with E-state index in [0.29, 0.717) is 0 Å². The van der Waals surface area contributed by atoms with Crippen molar-refractivity contribution in [3.05, 3.63) is 24.3 Å². The van der Waals surface area contributed by atoms with Crippen LogP contribution >= 0.6 is 0 Å². The smallest absolute Gasteiger partial charge is 0.242 e. The number of anilines is 2. The van der Waals surface area contributed by atoms with E-state index in [-0.39, 0.29) is 11.9 Å². The Morgan fingerprint density at radius 1 is 1.45 bits per heavy atom. The van der Waals surface area contributed by atoms with Crippen molar-refractivity contribution < 1.29 is 4.79 Å². The Morgan fingerprint density at radius 2 is 2.25 bits per heavy atom. The summed E-state index contributed by atoms with van der Waals surface area (Å²) in [6.07, 6.45) is 3.18. The zero-order valence-electron chi connectivity index (χ0n) is 12.5. The number of unbranched alkanes of at least 4 members (excludes halogenated alkanes) is 1. The third kappa shape index (κ3) is 3.44. The van der Waals surface area contributed by atoms with Crippen LogP contribution in [-0.4, -0.2) is 31.6 Å². The topological polar surface area (TPSA) is 44.4 Å². The molecule has 1 aromatic rings. The van der Waals surface area contributed by atoms with Gasteiger partial charge >= 0.3 is 0 Å². The van der Waals surface area contributed by atoms with Gasteiger partial charge in [0, 0.05) is 19.6 Å². The van der Waals surface area contributed by atoms with Crippen LogP contribution in [-0.2, 0) is 4.79 Å². The summed E-state index contributed by atoms with van der Waals surface area (Å²) in [6, 6.07) is 8.09. The molecule has 1 unspecified atom stereocenters. The molecule has 2 rings (SSSR count). The van der Waals surface area contributed by atoms with Gasteiger partial charge in [-0.05, 0) is 31.9 Å². The van der Waals surface area contributed by atoms with Crippen LogP contribution < -0.4 is 15.5 Å². The summed E-state index contributed by atoms with van der Waals surface area (Å²) in [5.74, 6) is 0.121. The molecule has 0 saturated carbocycles. The van der Waals surface area contributed by atoms with Gasteiger partial charge in [-0.3, -0.25) is 4.79 Å². The minimum Gasteiger partial charge on any atom is -0.383 e. The second kappa shape index (κ2) is 7.17. The lowest BCUT2D eigenvalue weighted by Gasteiger charge is -2.30. The monoisotopic (exact) mass is 275 g/mol. The van der Waals surface area contributed by atoms with Crippen LogP contribution in [0.5, 0.6) is 0 Å². The van der Waals surface area contributed by atoms with Gasteiger partial charge in [-0.2, -0.15) is 0 Å². The van der Waals surface area contributed by atoms with Crippen molar-refractivity contribution in [1.29, 1.82) is 0 Å². The Balaban J connectivity index is 2.08. The number of para-hydroxylation sites is 2. The van der Waals surface area contributed by atoms with Gasteiger partial charge in [0.05, 0.1) is 11.4 Å². The van der Waals surface area contributed by atoms with Crippen LogP contribution in [0.25, 0.3) is 0 Å². The fourth-order valence-electron chi connectivity index (χ4n) is 2.55. The number of rotatable bonds is 5. The molecular weight excluding hydrogens is 250 g/mol. The minimum atomic E-state index is -0.132. The Hall–Kier alpha value is -1.71. The molecule has 2 N–H and O–H groups in total. The van der Waals surface area contributed by atoms with E-state index in [0.717, 1.165) is 50.3 Å². The quantitative estimate of drug-likeness (QED) is 0.812. The second-order valence-electron chi connectivity index (χ2n) is 5.31. The number of nitrogens with zero attached hydrogens (tertiary/aromatic N) is 1. The molecule has 4 nitrogen and oxygen atoms in total. The van der Waals surface area contributed by atoms with Crippen molar-refractivity contribution in [2.75, 3.05) is 29.9 Å². The van der Waals surface area contributed by atoms with Crippen molar-refractivity contribution in [3.63, 3.8) is 0 Å². The maximum absolute atomic E-state index is 12.3. The van der Waals surface area contributed by atoms with Gasteiger partial charge in [-0.1, -0.05) is 25.5 Å². The van der Waals surface area contributed by atoms with Crippen molar-refractivity contribution in [2.45, 2.75) is 39.2 Å². The van der Waals surface area contributed by atoms with E-state index in [1.165, 1.54) is 0 Å². The molecule has 1 aliphatic heterocycles. The van der Waals surface area contributed by atoms with E-state index in [2.05, 4.69) is 34.6 Å². The zero-order chi connectivity index (χ0) is 14.4.